The highest BCUT2D eigenvalue weighted by Crippen LogP contribution is 2.48. The fourth-order valence-electron chi connectivity index (χ4n) is 3.71. The van der Waals surface area contributed by atoms with Crippen LogP contribution in [0.3, 0.4) is 0 Å². The van der Waals surface area contributed by atoms with Crippen molar-refractivity contribution in [3.8, 4) is 11.3 Å². The van der Waals surface area contributed by atoms with Crippen LogP contribution < -0.4 is 0 Å². The SMILES string of the molecule is C[C@H]1CN2C(=N[C@H](c3ccccn3)[C@@H]2c2ccc(-c3ccc(Br)cc3)o2)S1. The van der Waals surface area contributed by atoms with E-state index in [1.54, 1.807) is 0 Å². The number of amidine groups is 1. The molecule has 1 aromatic carbocycles. The Bertz CT molecular complexity index is 986. The average molecular weight is 440 g/mol. The van der Waals surface area contributed by atoms with E-state index in [0.717, 1.165) is 39.0 Å². The Balaban J connectivity index is 1.53. The molecule has 2 aromatic heterocycles. The molecule has 4 heterocycles. The van der Waals surface area contributed by atoms with E-state index in [4.69, 9.17) is 9.41 Å². The smallest absolute Gasteiger partial charge is 0.161 e. The molecule has 27 heavy (non-hydrogen) atoms. The summed E-state index contributed by atoms with van der Waals surface area (Å²) in [6, 6.07) is 18.4. The summed E-state index contributed by atoms with van der Waals surface area (Å²) in [5.41, 5.74) is 2.06. The maximum absolute atomic E-state index is 6.32. The number of nitrogens with zero attached hydrogens (tertiary/aromatic N) is 3. The number of thioether (sulfide) groups is 1. The lowest BCUT2D eigenvalue weighted by molar-refractivity contribution is 0.277. The van der Waals surface area contributed by atoms with Gasteiger partial charge in [-0.05, 0) is 36.4 Å². The van der Waals surface area contributed by atoms with Crippen LogP contribution in [0, 0.1) is 0 Å². The first-order valence-electron chi connectivity index (χ1n) is 8.97. The molecule has 1 fully saturated rings. The van der Waals surface area contributed by atoms with Crippen molar-refractivity contribution in [1.82, 2.24) is 9.88 Å². The van der Waals surface area contributed by atoms with Gasteiger partial charge in [0.2, 0.25) is 0 Å². The Morgan fingerprint density at radius 3 is 2.74 bits per heavy atom. The molecule has 1 saturated heterocycles. The normalized spacial score (nSPS) is 24.1. The summed E-state index contributed by atoms with van der Waals surface area (Å²) in [6.45, 7) is 3.22. The second-order valence-corrected chi connectivity index (χ2v) is 9.17. The monoisotopic (exact) mass is 439 g/mol. The fourth-order valence-corrected chi connectivity index (χ4v) is 5.06. The van der Waals surface area contributed by atoms with E-state index in [0.29, 0.717) is 5.25 Å². The Morgan fingerprint density at radius 2 is 1.96 bits per heavy atom. The molecule has 136 valence electrons. The molecular weight excluding hydrogens is 422 g/mol. The summed E-state index contributed by atoms with van der Waals surface area (Å²) in [7, 11) is 0. The van der Waals surface area contributed by atoms with Crippen molar-refractivity contribution in [3.05, 3.63) is 76.7 Å². The highest BCUT2D eigenvalue weighted by molar-refractivity contribution is 9.10. The van der Waals surface area contributed by atoms with Crippen molar-refractivity contribution in [1.29, 1.82) is 0 Å². The number of aliphatic imine (C=N–C) groups is 1. The number of hydrogen-bond acceptors (Lipinski definition) is 5. The summed E-state index contributed by atoms with van der Waals surface area (Å²) >= 11 is 5.32. The molecule has 2 aliphatic heterocycles. The average Bonchev–Trinajstić information content (AvgIpc) is 3.37. The van der Waals surface area contributed by atoms with Crippen LogP contribution in [-0.4, -0.2) is 26.8 Å². The topological polar surface area (TPSA) is 41.6 Å². The molecule has 0 bridgehead atoms. The number of halogens is 1. The van der Waals surface area contributed by atoms with Gasteiger partial charge in [0.25, 0.3) is 0 Å². The van der Waals surface area contributed by atoms with Gasteiger partial charge in [0.1, 0.15) is 23.6 Å². The lowest BCUT2D eigenvalue weighted by atomic mass is 10.0. The van der Waals surface area contributed by atoms with Crippen LogP contribution in [0.25, 0.3) is 11.3 Å². The van der Waals surface area contributed by atoms with Gasteiger partial charge in [-0.2, -0.15) is 0 Å². The molecule has 2 aliphatic rings. The maximum atomic E-state index is 6.32. The first-order chi connectivity index (χ1) is 13.2. The van der Waals surface area contributed by atoms with E-state index in [1.165, 1.54) is 0 Å². The van der Waals surface area contributed by atoms with E-state index >= 15 is 0 Å². The molecule has 0 aliphatic carbocycles. The van der Waals surface area contributed by atoms with Crippen LogP contribution in [0.2, 0.25) is 0 Å². The highest BCUT2D eigenvalue weighted by Gasteiger charge is 2.45. The van der Waals surface area contributed by atoms with E-state index in [9.17, 15) is 0 Å². The Kier molecular flexibility index (Phi) is 4.32. The van der Waals surface area contributed by atoms with E-state index < -0.39 is 0 Å². The lowest BCUT2D eigenvalue weighted by Gasteiger charge is -2.25. The van der Waals surface area contributed by atoms with Gasteiger partial charge in [-0.1, -0.05) is 52.8 Å². The lowest BCUT2D eigenvalue weighted by Crippen LogP contribution is -2.28. The minimum Gasteiger partial charge on any atom is -0.459 e. The van der Waals surface area contributed by atoms with E-state index in [2.05, 4.69) is 63.1 Å². The number of benzene rings is 1. The van der Waals surface area contributed by atoms with Crippen molar-refractivity contribution in [2.24, 2.45) is 4.99 Å². The predicted octanol–water partition coefficient (Wildman–Crippen LogP) is 5.69. The molecule has 3 aromatic rings. The largest absolute Gasteiger partial charge is 0.459 e. The van der Waals surface area contributed by atoms with Crippen molar-refractivity contribution in [2.45, 2.75) is 24.3 Å². The zero-order valence-corrected chi connectivity index (χ0v) is 17.2. The molecule has 5 rings (SSSR count). The Labute approximate surface area is 170 Å². The van der Waals surface area contributed by atoms with Gasteiger partial charge in [0.05, 0.1) is 5.69 Å². The molecule has 0 unspecified atom stereocenters. The highest BCUT2D eigenvalue weighted by atomic mass is 79.9. The van der Waals surface area contributed by atoms with Crippen molar-refractivity contribution in [2.75, 3.05) is 6.54 Å². The zero-order chi connectivity index (χ0) is 18.4. The van der Waals surface area contributed by atoms with E-state index in [-0.39, 0.29) is 12.1 Å². The molecule has 0 N–H and O–H groups in total. The molecule has 0 amide bonds. The summed E-state index contributed by atoms with van der Waals surface area (Å²) in [6.07, 6.45) is 1.83. The van der Waals surface area contributed by atoms with Crippen molar-refractivity contribution < 1.29 is 4.42 Å². The quantitative estimate of drug-likeness (QED) is 0.525. The van der Waals surface area contributed by atoms with Gasteiger partial charge in [-0.15, -0.1) is 0 Å². The van der Waals surface area contributed by atoms with Crippen molar-refractivity contribution >= 4 is 32.9 Å². The fraction of sp³-hybridized carbons (Fsp3) is 0.238. The van der Waals surface area contributed by atoms with Gasteiger partial charge in [0, 0.05) is 28.0 Å². The minimum atomic E-state index is -0.0369. The molecule has 6 heteroatoms. The zero-order valence-electron chi connectivity index (χ0n) is 14.7. The number of furan rings is 1. The van der Waals surface area contributed by atoms with Gasteiger partial charge < -0.3 is 9.32 Å². The number of hydrogen-bond donors (Lipinski definition) is 0. The van der Waals surface area contributed by atoms with Gasteiger partial charge in [-0.25, -0.2) is 4.99 Å². The number of rotatable bonds is 3. The molecule has 0 radical (unpaired) electrons. The van der Waals surface area contributed by atoms with Crippen LogP contribution in [0.1, 0.15) is 30.5 Å². The second kappa shape index (κ2) is 6.84. The molecular formula is C21H18BrN3OS. The third-order valence-electron chi connectivity index (χ3n) is 4.93. The summed E-state index contributed by atoms with van der Waals surface area (Å²) in [5, 5.41) is 1.64. The second-order valence-electron chi connectivity index (χ2n) is 6.85. The Morgan fingerprint density at radius 1 is 1.11 bits per heavy atom. The minimum absolute atomic E-state index is 0.0369. The van der Waals surface area contributed by atoms with Crippen LogP contribution in [-0.2, 0) is 0 Å². The number of aromatic nitrogens is 1. The van der Waals surface area contributed by atoms with Crippen LogP contribution in [0.15, 0.2) is 74.7 Å². The first-order valence-corrected chi connectivity index (χ1v) is 10.6. The number of fused-ring (bicyclic) bond motifs is 1. The molecule has 0 saturated carbocycles. The van der Waals surface area contributed by atoms with Crippen LogP contribution >= 0.6 is 27.7 Å². The van der Waals surface area contributed by atoms with Crippen molar-refractivity contribution in [3.63, 3.8) is 0 Å². The van der Waals surface area contributed by atoms with Crippen LogP contribution in [0.4, 0.5) is 0 Å². The Hall–Kier alpha value is -2.05. The summed E-state index contributed by atoms with van der Waals surface area (Å²) in [5.74, 6) is 1.82. The van der Waals surface area contributed by atoms with Gasteiger partial charge in [-0.3, -0.25) is 4.98 Å². The standard InChI is InChI=1S/C21H18BrN3OS/c1-13-12-25-20(19(24-21(25)27-13)16-4-2-3-11-23-16)18-10-9-17(26-18)14-5-7-15(22)8-6-14/h2-11,13,19-20H,12H2,1H3/t13-,19+,20-/m0/s1. The van der Waals surface area contributed by atoms with Gasteiger partial charge >= 0.3 is 0 Å². The number of pyridine rings is 1. The van der Waals surface area contributed by atoms with Crippen LogP contribution in [0.5, 0.6) is 0 Å². The molecule has 4 nitrogen and oxygen atoms in total. The maximum Gasteiger partial charge on any atom is 0.161 e. The third-order valence-corrected chi connectivity index (χ3v) is 6.56. The predicted molar refractivity (Wildman–Crippen MR) is 113 cm³/mol. The van der Waals surface area contributed by atoms with E-state index in [1.807, 2.05) is 42.2 Å². The molecule has 3 atom stereocenters. The third kappa shape index (κ3) is 3.11. The van der Waals surface area contributed by atoms with Gasteiger partial charge in [0.15, 0.2) is 5.17 Å². The molecule has 0 spiro atoms. The summed E-state index contributed by atoms with van der Waals surface area (Å²) in [4.78, 5) is 11.9. The summed E-state index contributed by atoms with van der Waals surface area (Å²) < 4.78 is 7.38. The first kappa shape index (κ1) is 17.1.